The van der Waals surface area contributed by atoms with Crippen LogP contribution in [0.5, 0.6) is 0 Å². The van der Waals surface area contributed by atoms with Crippen LogP contribution in [0.25, 0.3) is 0 Å². The van der Waals surface area contributed by atoms with E-state index in [0.29, 0.717) is 5.92 Å². The van der Waals surface area contributed by atoms with Gasteiger partial charge in [0.1, 0.15) is 0 Å². The van der Waals surface area contributed by atoms with E-state index < -0.39 is 0 Å². The summed E-state index contributed by atoms with van der Waals surface area (Å²) in [7, 11) is 0. The van der Waals surface area contributed by atoms with Crippen LogP contribution in [0.2, 0.25) is 0 Å². The summed E-state index contributed by atoms with van der Waals surface area (Å²) in [6, 6.07) is 0. The van der Waals surface area contributed by atoms with Crippen molar-refractivity contribution in [3.63, 3.8) is 0 Å². The van der Waals surface area contributed by atoms with Gasteiger partial charge in [-0.3, -0.25) is 4.79 Å². The Bertz CT molecular complexity index is 298. The van der Waals surface area contributed by atoms with Crippen LogP contribution in [0.15, 0.2) is 12.8 Å². The van der Waals surface area contributed by atoms with Crippen LogP contribution in [-0.2, 0) is 9.53 Å². The molecule has 2 heteroatoms. The van der Waals surface area contributed by atoms with E-state index in [0.717, 1.165) is 25.7 Å². The van der Waals surface area contributed by atoms with Gasteiger partial charge in [0.25, 0.3) is 0 Å². The van der Waals surface area contributed by atoms with Crippen molar-refractivity contribution in [3.05, 3.63) is 12.8 Å². The summed E-state index contributed by atoms with van der Waals surface area (Å²) in [6.07, 6.45) is 18.6. The number of rotatable bonds is 17. The number of hydrogen-bond acceptors (Lipinski definition) is 2. The molecule has 0 rings (SSSR count). The zero-order valence-corrected chi connectivity index (χ0v) is 16.7. The monoisotopic (exact) mass is 338 g/mol. The summed E-state index contributed by atoms with van der Waals surface area (Å²) in [5, 5.41) is 0. The van der Waals surface area contributed by atoms with Crippen molar-refractivity contribution in [3.8, 4) is 0 Å². The average molecular weight is 339 g/mol. The number of carbonyl (C=O) groups excluding carboxylic acids is 1. The fourth-order valence-corrected chi connectivity index (χ4v) is 3.42. The van der Waals surface area contributed by atoms with Crippen molar-refractivity contribution in [2.24, 2.45) is 11.8 Å². The molecule has 2 nitrogen and oxygen atoms in total. The van der Waals surface area contributed by atoms with Gasteiger partial charge in [-0.25, -0.2) is 0 Å². The van der Waals surface area contributed by atoms with Crippen molar-refractivity contribution in [1.82, 2.24) is 0 Å². The number of esters is 1. The number of ether oxygens (including phenoxy) is 1. The first-order chi connectivity index (χ1) is 11.7. The van der Waals surface area contributed by atoms with Gasteiger partial charge in [0.15, 0.2) is 0 Å². The lowest BCUT2D eigenvalue weighted by molar-refractivity contribution is -0.143. The van der Waals surface area contributed by atoms with Crippen LogP contribution >= 0.6 is 0 Å². The van der Waals surface area contributed by atoms with Gasteiger partial charge in [-0.2, -0.15) is 0 Å². The zero-order valence-electron chi connectivity index (χ0n) is 16.7. The lowest BCUT2D eigenvalue weighted by Crippen LogP contribution is -2.19. The quantitative estimate of drug-likeness (QED) is 0.157. The van der Waals surface area contributed by atoms with Gasteiger partial charge in [-0.1, -0.05) is 104 Å². The molecule has 0 spiro atoms. The van der Waals surface area contributed by atoms with Crippen LogP contribution in [0.3, 0.4) is 0 Å². The molecule has 0 radical (unpaired) electrons. The molecule has 0 aromatic carbocycles. The second kappa shape index (κ2) is 17.0. The molecule has 0 aliphatic heterocycles. The standard InChI is InChI=1S/C22H42O2/c1-5-9-11-12-13-14-15-16-18-21(22(23)24-8-4)19-20(7-3)17-10-6-2/h8,20-21H,4-7,9-19H2,1-3H3. The van der Waals surface area contributed by atoms with Crippen molar-refractivity contribution < 1.29 is 9.53 Å². The summed E-state index contributed by atoms with van der Waals surface area (Å²) < 4.78 is 5.10. The minimum absolute atomic E-state index is 0.0601. The van der Waals surface area contributed by atoms with E-state index in [-0.39, 0.29) is 11.9 Å². The summed E-state index contributed by atoms with van der Waals surface area (Å²) in [4.78, 5) is 12.2. The van der Waals surface area contributed by atoms with E-state index in [9.17, 15) is 4.79 Å². The maximum Gasteiger partial charge on any atom is 0.313 e. The highest BCUT2D eigenvalue weighted by Crippen LogP contribution is 2.26. The van der Waals surface area contributed by atoms with E-state index >= 15 is 0 Å². The molecule has 0 bridgehead atoms. The highest BCUT2D eigenvalue weighted by molar-refractivity contribution is 5.72. The van der Waals surface area contributed by atoms with Gasteiger partial charge >= 0.3 is 5.97 Å². The Morgan fingerprint density at radius 3 is 2.00 bits per heavy atom. The van der Waals surface area contributed by atoms with Gasteiger partial charge in [0.05, 0.1) is 12.2 Å². The zero-order chi connectivity index (χ0) is 18.0. The first-order valence-electron chi connectivity index (χ1n) is 10.5. The Kier molecular flexibility index (Phi) is 16.5. The highest BCUT2D eigenvalue weighted by atomic mass is 16.5. The Labute approximate surface area is 151 Å². The minimum Gasteiger partial charge on any atom is -0.435 e. The summed E-state index contributed by atoms with van der Waals surface area (Å²) >= 11 is 0. The average Bonchev–Trinajstić information content (AvgIpc) is 2.59. The minimum atomic E-state index is -0.0668. The van der Waals surface area contributed by atoms with Crippen LogP contribution in [0, 0.1) is 11.8 Å². The summed E-state index contributed by atoms with van der Waals surface area (Å²) in [5.74, 6) is 0.647. The number of carbonyl (C=O) groups is 1. The molecule has 0 heterocycles. The molecule has 0 amide bonds. The molecule has 0 saturated heterocycles. The second-order valence-corrected chi connectivity index (χ2v) is 7.22. The topological polar surface area (TPSA) is 26.3 Å². The van der Waals surface area contributed by atoms with Gasteiger partial charge in [0, 0.05) is 0 Å². The van der Waals surface area contributed by atoms with Crippen molar-refractivity contribution >= 4 is 5.97 Å². The fraction of sp³-hybridized carbons (Fsp3) is 0.864. The van der Waals surface area contributed by atoms with Crippen LogP contribution in [0.1, 0.15) is 111 Å². The molecule has 0 aliphatic carbocycles. The second-order valence-electron chi connectivity index (χ2n) is 7.22. The van der Waals surface area contributed by atoms with Crippen LogP contribution in [0.4, 0.5) is 0 Å². The largest absolute Gasteiger partial charge is 0.435 e. The van der Waals surface area contributed by atoms with Gasteiger partial charge in [-0.15, -0.1) is 0 Å². The van der Waals surface area contributed by atoms with E-state index in [1.807, 2.05) is 0 Å². The van der Waals surface area contributed by atoms with E-state index in [2.05, 4.69) is 27.4 Å². The van der Waals surface area contributed by atoms with Crippen LogP contribution in [-0.4, -0.2) is 5.97 Å². The lowest BCUT2D eigenvalue weighted by atomic mass is 9.86. The third-order valence-electron chi connectivity index (χ3n) is 5.10. The van der Waals surface area contributed by atoms with Crippen molar-refractivity contribution in [2.75, 3.05) is 0 Å². The van der Waals surface area contributed by atoms with E-state index in [4.69, 9.17) is 4.74 Å². The van der Waals surface area contributed by atoms with E-state index in [1.165, 1.54) is 70.5 Å². The van der Waals surface area contributed by atoms with Crippen LogP contribution < -0.4 is 0 Å². The summed E-state index contributed by atoms with van der Waals surface area (Å²) in [5.41, 5.74) is 0. The van der Waals surface area contributed by atoms with Gasteiger partial charge in [0.2, 0.25) is 0 Å². The molecule has 0 aromatic heterocycles. The first-order valence-corrected chi connectivity index (χ1v) is 10.5. The Morgan fingerprint density at radius 2 is 1.46 bits per heavy atom. The highest BCUT2D eigenvalue weighted by Gasteiger charge is 2.22. The molecule has 0 aromatic rings. The number of hydrogen-bond donors (Lipinski definition) is 0. The molecule has 24 heavy (non-hydrogen) atoms. The Morgan fingerprint density at radius 1 is 0.875 bits per heavy atom. The molecule has 0 aliphatic rings. The fourth-order valence-electron chi connectivity index (χ4n) is 3.42. The Hall–Kier alpha value is -0.790. The Balaban J connectivity index is 4.12. The third-order valence-corrected chi connectivity index (χ3v) is 5.10. The first kappa shape index (κ1) is 23.2. The maximum atomic E-state index is 12.2. The molecule has 2 unspecified atom stereocenters. The predicted molar refractivity (Wildman–Crippen MR) is 105 cm³/mol. The smallest absolute Gasteiger partial charge is 0.313 e. The molecule has 0 fully saturated rings. The number of unbranched alkanes of at least 4 members (excludes halogenated alkanes) is 8. The van der Waals surface area contributed by atoms with E-state index in [1.54, 1.807) is 0 Å². The molecule has 0 saturated carbocycles. The molecular formula is C22H42O2. The predicted octanol–water partition coefficient (Wildman–Crippen LogP) is 7.43. The van der Waals surface area contributed by atoms with Gasteiger partial charge in [-0.05, 0) is 18.8 Å². The SMILES string of the molecule is C=COC(=O)C(CCCCCCCCCC)CC(CC)CCCC. The maximum absolute atomic E-state index is 12.2. The molecular weight excluding hydrogens is 296 g/mol. The van der Waals surface area contributed by atoms with Gasteiger partial charge < -0.3 is 4.74 Å². The van der Waals surface area contributed by atoms with Crippen molar-refractivity contribution in [2.45, 2.75) is 111 Å². The molecule has 2 atom stereocenters. The molecule has 0 N–H and O–H groups in total. The molecule has 142 valence electrons. The van der Waals surface area contributed by atoms with Crippen molar-refractivity contribution in [1.29, 1.82) is 0 Å². The third kappa shape index (κ3) is 12.6. The lowest BCUT2D eigenvalue weighted by Gasteiger charge is -2.21. The summed E-state index contributed by atoms with van der Waals surface area (Å²) in [6.45, 7) is 10.3. The normalized spacial score (nSPS) is 13.5.